The van der Waals surface area contributed by atoms with Crippen molar-refractivity contribution in [3.8, 4) is 0 Å². The Labute approximate surface area is 79.4 Å². The lowest BCUT2D eigenvalue weighted by Crippen LogP contribution is -1.95. The molecule has 0 aliphatic heterocycles. The molecule has 0 radical (unpaired) electrons. The molecular formula is C7H5ClF2O2S. The monoisotopic (exact) mass is 226 g/mol. The van der Waals surface area contributed by atoms with Crippen LogP contribution in [0.4, 0.5) is 8.28 Å². The van der Waals surface area contributed by atoms with E-state index < -0.39 is 26.0 Å². The van der Waals surface area contributed by atoms with Gasteiger partial charge in [0.15, 0.2) is 0 Å². The number of benzene rings is 1. The lowest BCUT2D eigenvalue weighted by Gasteiger charge is -2.01. The van der Waals surface area contributed by atoms with E-state index in [1.54, 1.807) is 0 Å². The van der Waals surface area contributed by atoms with Crippen LogP contribution in [0.25, 0.3) is 0 Å². The SMILES string of the molecule is Cc1cc(S(=O)(=O)F)c(Cl)cc1F. The van der Waals surface area contributed by atoms with Gasteiger partial charge in [-0.05, 0) is 24.6 Å². The van der Waals surface area contributed by atoms with Crippen molar-refractivity contribution in [1.29, 1.82) is 0 Å². The summed E-state index contributed by atoms with van der Waals surface area (Å²) in [4.78, 5) is -0.701. The van der Waals surface area contributed by atoms with Gasteiger partial charge in [-0.15, -0.1) is 3.89 Å². The van der Waals surface area contributed by atoms with E-state index in [2.05, 4.69) is 0 Å². The fourth-order valence-electron chi connectivity index (χ4n) is 0.818. The summed E-state index contributed by atoms with van der Waals surface area (Å²) in [5, 5.41) is -0.453. The van der Waals surface area contributed by atoms with Crippen LogP contribution in [0.3, 0.4) is 0 Å². The second-order valence-corrected chi connectivity index (χ2v) is 4.19. The first-order chi connectivity index (χ1) is 5.82. The molecule has 0 fully saturated rings. The third-order valence-corrected chi connectivity index (χ3v) is 2.76. The highest BCUT2D eigenvalue weighted by atomic mass is 35.5. The van der Waals surface area contributed by atoms with Crippen LogP contribution in [0.2, 0.25) is 5.02 Å². The van der Waals surface area contributed by atoms with Gasteiger partial charge in [-0.3, -0.25) is 0 Å². The van der Waals surface area contributed by atoms with Crippen LogP contribution in [-0.2, 0) is 10.2 Å². The predicted octanol–water partition coefficient (Wildman–Crippen LogP) is 2.45. The van der Waals surface area contributed by atoms with Crippen LogP contribution < -0.4 is 0 Å². The molecule has 0 saturated carbocycles. The molecule has 0 unspecified atom stereocenters. The highest BCUT2D eigenvalue weighted by Crippen LogP contribution is 2.25. The Bertz CT molecular complexity index is 442. The third-order valence-electron chi connectivity index (χ3n) is 1.48. The number of halogens is 3. The van der Waals surface area contributed by atoms with E-state index in [0.29, 0.717) is 0 Å². The van der Waals surface area contributed by atoms with E-state index in [4.69, 9.17) is 11.6 Å². The molecule has 0 aliphatic carbocycles. The Morgan fingerprint density at radius 2 is 1.92 bits per heavy atom. The first-order valence-corrected chi connectivity index (χ1v) is 4.99. The molecule has 0 amide bonds. The molecule has 0 bridgehead atoms. The summed E-state index contributed by atoms with van der Waals surface area (Å²) in [6.07, 6.45) is 0. The zero-order valence-corrected chi connectivity index (χ0v) is 8.09. The first kappa shape index (κ1) is 10.4. The summed E-state index contributed by atoms with van der Waals surface area (Å²) >= 11 is 5.33. The van der Waals surface area contributed by atoms with Gasteiger partial charge in [-0.2, -0.15) is 8.42 Å². The van der Waals surface area contributed by atoms with Crippen molar-refractivity contribution >= 4 is 21.8 Å². The fraction of sp³-hybridized carbons (Fsp3) is 0.143. The van der Waals surface area contributed by atoms with E-state index in [9.17, 15) is 16.7 Å². The lowest BCUT2D eigenvalue weighted by molar-refractivity contribution is 0.551. The molecule has 1 rings (SSSR count). The van der Waals surface area contributed by atoms with Gasteiger partial charge in [-0.1, -0.05) is 11.6 Å². The van der Waals surface area contributed by atoms with Crippen LogP contribution in [0, 0.1) is 12.7 Å². The fourth-order valence-corrected chi connectivity index (χ4v) is 1.85. The van der Waals surface area contributed by atoms with Crippen LogP contribution in [0.1, 0.15) is 5.56 Å². The highest BCUT2D eigenvalue weighted by molar-refractivity contribution is 7.86. The molecule has 0 aromatic heterocycles. The Morgan fingerprint density at radius 3 is 2.38 bits per heavy atom. The number of aryl methyl sites for hydroxylation is 1. The van der Waals surface area contributed by atoms with Gasteiger partial charge in [0.05, 0.1) is 5.02 Å². The molecule has 2 nitrogen and oxygen atoms in total. The molecular weight excluding hydrogens is 222 g/mol. The summed E-state index contributed by atoms with van der Waals surface area (Å²) in [5.41, 5.74) is 0.0284. The molecule has 72 valence electrons. The molecule has 0 N–H and O–H groups in total. The third kappa shape index (κ3) is 2.16. The molecule has 1 aromatic carbocycles. The van der Waals surface area contributed by atoms with Crippen LogP contribution in [-0.4, -0.2) is 8.42 Å². The summed E-state index contributed by atoms with van der Waals surface area (Å²) in [5.74, 6) is -0.669. The average molecular weight is 227 g/mol. The first-order valence-electron chi connectivity index (χ1n) is 3.22. The maximum Gasteiger partial charge on any atom is 0.333 e. The smallest absolute Gasteiger partial charge is 0.207 e. The van der Waals surface area contributed by atoms with Crippen LogP contribution in [0.5, 0.6) is 0 Å². The minimum atomic E-state index is -4.87. The zero-order valence-electron chi connectivity index (χ0n) is 6.51. The van der Waals surface area contributed by atoms with E-state index in [-0.39, 0.29) is 5.56 Å². The summed E-state index contributed by atoms with van der Waals surface area (Å²) in [6, 6.07) is 1.62. The Kier molecular flexibility index (Phi) is 2.58. The second kappa shape index (κ2) is 3.23. The van der Waals surface area contributed by atoms with Crippen molar-refractivity contribution in [2.45, 2.75) is 11.8 Å². The quantitative estimate of drug-likeness (QED) is 0.690. The average Bonchev–Trinajstić information content (AvgIpc) is 1.94. The van der Waals surface area contributed by atoms with Crippen molar-refractivity contribution in [2.24, 2.45) is 0 Å². The number of hydrogen-bond donors (Lipinski definition) is 0. The molecule has 0 saturated heterocycles. The van der Waals surface area contributed by atoms with Gasteiger partial charge < -0.3 is 0 Å². The predicted molar refractivity (Wildman–Crippen MR) is 44.4 cm³/mol. The van der Waals surface area contributed by atoms with Crippen molar-refractivity contribution in [2.75, 3.05) is 0 Å². The normalized spacial score (nSPS) is 11.7. The van der Waals surface area contributed by atoms with E-state index in [0.717, 1.165) is 12.1 Å². The molecule has 0 spiro atoms. The lowest BCUT2D eigenvalue weighted by atomic mass is 10.2. The van der Waals surface area contributed by atoms with Crippen molar-refractivity contribution in [1.82, 2.24) is 0 Å². The van der Waals surface area contributed by atoms with Gasteiger partial charge >= 0.3 is 10.2 Å². The topological polar surface area (TPSA) is 34.1 Å². The molecule has 0 aliphatic rings. The van der Waals surface area contributed by atoms with Crippen molar-refractivity contribution in [3.05, 3.63) is 28.5 Å². The molecule has 1 aromatic rings. The minimum Gasteiger partial charge on any atom is -0.207 e. The minimum absolute atomic E-state index is 0.0284. The molecule has 6 heteroatoms. The Hall–Kier alpha value is -0.680. The van der Waals surface area contributed by atoms with Gasteiger partial charge in [-0.25, -0.2) is 4.39 Å². The van der Waals surface area contributed by atoms with Crippen LogP contribution in [0.15, 0.2) is 17.0 Å². The summed E-state index contributed by atoms with van der Waals surface area (Å²) < 4.78 is 46.1. The maximum absolute atomic E-state index is 12.7. The van der Waals surface area contributed by atoms with E-state index in [1.165, 1.54) is 6.92 Å². The molecule has 13 heavy (non-hydrogen) atoms. The largest absolute Gasteiger partial charge is 0.333 e. The standard InChI is InChI=1S/C7H5ClF2O2S/c1-4-2-7(13(10,11)12)5(8)3-6(4)9/h2-3H,1H3. The number of rotatable bonds is 1. The Morgan fingerprint density at radius 1 is 1.38 bits per heavy atom. The van der Waals surface area contributed by atoms with E-state index in [1.807, 2.05) is 0 Å². The molecule has 0 heterocycles. The van der Waals surface area contributed by atoms with Crippen LogP contribution >= 0.6 is 11.6 Å². The van der Waals surface area contributed by atoms with Gasteiger partial charge in [0, 0.05) is 0 Å². The summed E-state index contributed by atoms with van der Waals surface area (Å²) in [6.45, 7) is 1.32. The van der Waals surface area contributed by atoms with Gasteiger partial charge in [0.2, 0.25) is 0 Å². The van der Waals surface area contributed by atoms with Gasteiger partial charge in [0.1, 0.15) is 10.7 Å². The maximum atomic E-state index is 12.7. The zero-order chi connectivity index (χ0) is 10.2. The highest BCUT2D eigenvalue weighted by Gasteiger charge is 2.18. The second-order valence-electron chi connectivity index (χ2n) is 2.47. The van der Waals surface area contributed by atoms with E-state index >= 15 is 0 Å². The Balaban J connectivity index is 3.50. The molecule has 0 atom stereocenters. The number of hydrogen-bond acceptors (Lipinski definition) is 2. The summed E-state index contributed by atoms with van der Waals surface area (Å²) in [7, 11) is -4.87. The van der Waals surface area contributed by atoms with Crippen molar-refractivity contribution < 1.29 is 16.7 Å². The van der Waals surface area contributed by atoms with Crippen molar-refractivity contribution in [3.63, 3.8) is 0 Å². The van der Waals surface area contributed by atoms with Gasteiger partial charge in [0.25, 0.3) is 0 Å².